The molecule has 0 heterocycles. The van der Waals surface area contributed by atoms with Crippen LogP contribution in [0, 0.1) is 5.82 Å². The van der Waals surface area contributed by atoms with Crippen molar-refractivity contribution in [2.24, 2.45) is 0 Å². The van der Waals surface area contributed by atoms with Gasteiger partial charge >= 0.3 is 12.5 Å². The first kappa shape index (κ1) is 21.5. The van der Waals surface area contributed by atoms with E-state index in [1.165, 1.54) is 18.2 Å². The van der Waals surface area contributed by atoms with Crippen LogP contribution in [0.25, 0.3) is 0 Å². The fraction of sp³-hybridized carbons (Fsp3) is 0.316. The zero-order valence-corrected chi connectivity index (χ0v) is 15.3. The van der Waals surface area contributed by atoms with Crippen molar-refractivity contribution in [1.29, 1.82) is 0 Å². The minimum absolute atomic E-state index is 0.0560. The quantitative estimate of drug-likeness (QED) is 0.695. The van der Waals surface area contributed by atoms with Crippen LogP contribution >= 0.6 is 0 Å². The third-order valence-electron chi connectivity index (χ3n) is 3.39. The van der Waals surface area contributed by atoms with Gasteiger partial charge in [-0.1, -0.05) is 18.2 Å². The minimum atomic E-state index is -4.96. The van der Waals surface area contributed by atoms with Gasteiger partial charge in [-0.15, -0.1) is 13.2 Å². The predicted octanol–water partition coefficient (Wildman–Crippen LogP) is 5.15. The Hall–Kier alpha value is -2.81. The van der Waals surface area contributed by atoms with Crippen molar-refractivity contribution >= 4 is 11.8 Å². The number of anilines is 1. The number of aliphatic hydroxyl groups is 1. The average Bonchev–Trinajstić information content (AvgIpc) is 2.53. The van der Waals surface area contributed by atoms with Crippen LogP contribution in [0.3, 0.4) is 0 Å². The van der Waals surface area contributed by atoms with Crippen LogP contribution in [0.4, 0.5) is 28.0 Å². The molecule has 5 nitrogen and oxygen atoms in total. The molecule has 2 aromatic rings. The van der Waals surface area contributed by atoms with Crippen molar-refractivity contribution < 1.29 is 36.9 Å². The lowest BCUT2D eigenvalue weighted by atomic mass is 9.99. The molecule has 2 aromatic carbocycles. The summed E-state index contributed by atoms with van der Waals surface area (Å²) in [7, 11) is 0. The molecule has 1 atom stereocenters. The highest BCUT2D eigenvalue weighted by Gasteiger charge is 2.32. The van der Waals surface area contributed by atoms with Gasteiger partial charge in [-0.05, 0) is 45.0 Å². The molecule has 152 valence electrons. The maximum atomic E-state index is 14.0. The van der Waals surface area contributed by atoms with Crippen molar-refractivity contribution in [3.63, 3.8) is 0 Å². The molecule has 2 N–H and O–H groups in total. The van der Waals surface area contributed by atoms with E-state index in [0.29, 0.717) is 0 Å². The van der Waals surface area contributed by atoms with Gasteiger partial charge in [-0.2, -0.15) is 0 Å². The number of nitrogens with one attached hydrogen (secondary N) is 1. The van der Waals surface area contributed by atoms with Gasteiger partial charge in [0.05, 0.1) is 5.69 Å². The van der Waals surface area contributed by atoms with E-state index >= 15 is 0 Å². The number of carbonyl (C=O) groups excluding carboxylic acids is 1. The number of hydrogen-bond donors (Lipinski definition) is 2. The van der Waals surface area contributed by atoms with Crippen molar-refractivity contribution in [2.75, 3.05) is 5.32 Å². The molecule has 0 spiro atoms. The summed E-state index contributed by atoms with van der Waals surface area (Å²) >= 11 is 0. The molecule has 9 heteroatoms. The SMILES string of the molecule is CC(C)(C)OC(=O)Nc1ccc(OC(F)(F)F)cc1C(O)c1ccccc1F. The lowest BCUT2D eigenvalue weighted by Gasteiger charge is -2.22. The smallest absolute Gasteiger partial charge is 0.444 e. The summed E-state index contributed by atoms with van der Waals surface area (Å²) in [5.41, 5.74) is -1.26. The zero-order valence-electron chi connectivity index (χ0n) is 15.3. The number of hydrogen-bond acceptors (Lipinski definition) is 4. The van der Waals surface area contributed by atoms with Crippen molar-refractivity contribution in [3.8, 4) is 5.75 Å². The number of amides is 1. The molecule has 0 bridgehead atoms. The summed E-state index contributed by atoms with van der Waals surface area (Å²) in [4.78, 5) is 12.0. The normalized spacial score (nSPS) is 13.0. The Bertz CT molecular complexity index is 847. The van der Waals surface area contributed by atoms with Gasteiger partial charge in [0.2, 0.25) is 0 Å². The molecule has 0 aliphatic carbocycles. The molecule has 0 saturated carbocycles. The molecule has 0 aromatic heterocycles. The van der Waals surface area contributed by atoms with Gasteiger partial charge in [0.1, 0.15) is 23.3 Å². The van der Waals surface area contributed by atoms with Crippen LogP contribution < -0.4 is 10.1 Å². The molecule has 0 radical (unpaired) electrons. The van der Waals surface area contributed by atoms with Gasteiger partial charge in [0.15, 0.2) is 0 Å². The summed E-state index contributed by atoms with van der Waals surface area (Å²) in [6.45, 7) is 4.88. The number of benzene rings is 2. The fourth-order valence-electron chi connectivity index (χ4n) is 2.36. The van der Waals surface area contributed by atoms with Crippen LogP contribution in [-0.4, -0.2) is 23.2 Å². The molecule has 0 aliphatic heterocycles. The average molecular weight is 401 g/mol. The Kier molecular flexibility index (Phi) is 6.18. The highest BCUT2D eigenvalue weighted by molar-refractivity contribution is 5.86. The lowest BCUT2D eigenvalue weighted by Crippen LogP contribution is -2.27. The van der Waals surface area contributed by atoms with E-state index in [0.717, 1.165) is 24.3 Å². The maximum absolute atomic E-state index is 14.0. The first-order valence-corrected chi connectivity index (χ1v) is 8.18. The Balaban J connectivity index is 2.44. The fourth-order valence-corrected chi connectivity index (χ4v) is 2.36. The largest absolute Gasteiger partial charge is 0.573 e. The van der Waals surface area contributed by atoms with E-state index in [2.05, 4.69) is 10.1 Å². The highest BCUT2D eigenvalue weighted by Crippen LogP contribution is 2.34. The summed E-state index contributed by atoms with van der Waals surface area (Å²) in [6.07, 6.45) is -7.51. The molecular formula is C19H19F4NO4. The van der Waals surface area contributed by atoms with Gasteiger partial charge in [-0.25, -0.2) is 9.18 Å². The van der Waals surface area contributed by atoms with E-state index in [4.69, 9.17) is 4.74 Å². The minimum Gasteiger partial charge on any atom is -0.444 e. The number of alkyl halides is 3. The number of aliphatic hydroxyl groups excluding tert-OH is 1. The lowest BCUT2D eigenvalue weighted by molar-refractivity contribution is -0.274. The van der Waals surface area contributed by atoms with E-state index < -0.39 is 35.7 Å². The van der Waals surface area contributed by atoms with Gasteiger partial charge in [0, 0.05) is 11.1 Å². The number of carbonyl (C=O) groups is 1. The zero-order chi connectivity index (χ0) is 21.1. The van der Waals surface area contributed by atoms with Crippen LogP contribution in [0.1, 0.15) is 38.0 Å². The van der Waals surface area contributed by atoms with Crippen LogP contribution in [0.5, 0.6) is 5.75 Å². The second kappa shape index (κ2) is 8.05. The van der Waals surface area contributed by atoms with Crippen molar-refractivity contribution in [2.45, 2.75) is 38.8 Å². The second-order valence-electron chi connectivity index (χ2n) is 6.85. The molecular weight excluding hydrogens is 382 g/mol. The van der Waals surface area contributed by atoms with Crippen molar-refractivity contribution in [1.82, 2.24) is 0 Å². The second-order valence-corrected chi connectivity index (χ2v) is 6.85. The Morgan fingerprint density at radius 3 is 2.29 bits per heavy atom. The van der Waals surface area contributed by atoms with Crippen molar-refractivity contribution in [3.05, 3.63) is 59.4 Å². The molecule has 1 amide bonds. The Morgan fingerprint density at radius 1 is 1.07 bits per heavy atom. The molecule has 0 saturated heterocycles. The monoisotopic (exact) mass is 401 g/mol. The number of halogens is 4. The van der Waals surface area contributed by atoms with E-state index in [-0.39, 0.29) is 16.8 Å². The van der Waals surface area contributed by atoms with Crippen LogP contribution in [-0.2, 0) is 4.74 Å². The van der Waals surface area contributed by atoms with Crippen LogP contribution in [0.15, 0.2) is 42.5 Å². The summed E-state index contributed by atoms with van der Waals surface area (Å²) in [5.74, 6) is -1.40. The highest BCUT2D eigenvalue weighted by atomic mass is 19.4. The topological polar surface area (TPSA) is 67.8 Å². The summed E-state index contributed by atoms with van der Waals surface area (Å²) in [6, 6.07) is 8.15. The van der Waals surface area contributed by atoms with Crippen LogP contribution in [0.2, 0.25) is 0 Å². The van der Waals surface area contributed by atoms with Gasteiger partial charge in [-0.3, -0.25) is 5.32 Å². The standard InChI is InChI=1S/C19H19F4NO4/c1-18(2,3)28-17(26)24-15-9-8-11(27-19(21,22)23)10-13(15)16(25)12-6-4-5-7-14(12)20/h4-10,16,25H,1-3H3,(H,24,26). The third-order valence-corrected chi connectivity index (χ3v) is 3.39. The predicted molar refractivity (Wildman–Crippen MR) is 93.4 cm³/mol. The molecule has 28 heavy (non-hydrogen) atoms. The van der Waals surface area contributed by atoms with Gasteiger partial charge < -0.3 is 14.6 Å². The Morgan fingerprint density at radius 2 is 1.71 bits per heavy atom. The molecule has 0 aliphatic rings. The number of rotatable bonds is 4. The van der Waals surface area contributed by atoms with Gasteiger partial charge in [0.25, 0.3) is 0 Å². The summed E-state index contributed by atoms with van der Waals surface area (Å²) in [5, 5.41) is 12.9. The van der Waals surface area contributed by atoms with E-state index in [9.17, 15) is 27.5 Å². The maximum Gasteiger partial charge on any atom is 0.573 e. The van der Waals surface area contributed by atoms with E-state index in [1.54, 1.807) is 20.8 Å². The number of ether oxygens (including phenoxy) is 2. The molecule has 1 unspecified atom stereocenters. The summed E-state index contributed by atoms with van der Waals surface area (Å²) < 4.78 is 60.6. The first-order valence-electron chi connectivity index (χ1n) is 8.18. The first-order chi connectivity index (χ1) is 12.9. The molecule has 0 fully saturated rings. The van der Waals surface area contributed by atoms with E-state index in [1.807, 2.05) is 0 Å². The third kappa shape index (κ3) is 6.12. The Labute approximate surface area is 158 Å². The molecule has 2 rings (SSSR count).